The maximum Gasteiger partial charge on any atom is 0.255 e. The van der Waals surface area contributed by atoms with Gasteiger partial charge < -0.3 is 11.1 Å². The van der Waals surface area contributed by atoms with Crippen LogP contribution >= 0.6 is 11.6 Å². The fraction of sp³-hybridized carbons (Fsp3) is 0. The van der Waals surface area contributed by atoms with Crippen LogP contribution in [0.4, 0.5) is 15.8 Å². The third-order valence-corrected chi connectivity index (χ3v) is 3.76. The molecule has 1 amide bonds. The minimum atomic E-state index is -0.579. The molecule has 0 spiro atoms. The van der Waals surface area contributed by atoms with Crippen molar-refractivity contribution in [2.45, 2.75) is 0 Å². The highest BCUT2D eigenvalue weighted by Crippen LogP contribution is 2.28. The Morgan fingerprint density at radius 2 is 1.92 bits per heavy atom. The molecule has 3 N–H and O–H groups in total. The van der Waals surface area contributed by atoms with Crippen LogP contribution in [0, 0.1) is 5.82 Å². The Bertz CT molecular complexity index is 914. The van der Waals surface area contributed by atoms with E-state index in [-0.39, 0.29) is 11.1 Å². The number of halogens is 2. The first-order valence-electron chi connectivity index (χ1n) is 7.12. The van der Waals surface area contributed by atoms with Crippen molar-refractivity contribution in [3.63, 3.8) is 0 Å². The standard InChI is InChI=1S/C18H13ClFN3O/c19-13-4-3-9-22-17(13)12-8-7-11(10-14(12)20)18(24)23-16-6-2-1-5-15(16)21/h1-10H,21H2,(H,23,24). The van der Waals surface area contributed by atoms with Crippen molar-refractivity contribution in [2.75, 3.05) is 11.1 Å². The lowest BCUT2D eigenvalue weighted by atomic mass is 10.1. The van der Waals surface area contributed by atoms with E-state index in [9.17, 15) is 9.18 Å². The summed E-state index contributed by atoms with van der Waals surface area (Å²) in [5.74, 6) is -1.03. The molecule has 0 radical (unpaired) electrons. The molecule has 0 saturated carbocycles. The monoisotopic (exact) mass is 341 g/mol. The van der Waals surface area contributed by atoms with Gasteiger partial charge in [0.15, 0.2) is 0 Å². The van der Waals surface area contributed by atoms with Crippen LogP contribution in [0.1, 0.15) is 10.4 Å². The first kappa shape index (κ1) is 16.0. The van der Waals surface area contributed by atoms with Gasteiger partial charge in [0.05, 0.1) is 22.1 Å². The van der Waals surface area contributed by atoms with Crippen molar-refractivity contribution < 1.29 is 9.18 Å². The number of nitrogen functional groups attached to an aromatic ring is 1. The van der Waals surface area contributed by atoms with Gasteiger partial charge in [0.25, 0.3) is 5.91 Å². The molecule has 0 aliphatic heterocycles. The van der Waals surface area contributed by atoms with Gasteiger partial charge >= 0.3 is 0 Å². The second-order valence-corrected chi connectivity index (χ2v) is 5.48. The van der Waals surface area contributed by atoms with Gasteiger partial charge in [0.1, 0.15) is 5.82 Å². The highest BCUT2D eigenvalue weighted by atomic mass is 35.5. The molecule has 0 aliphatic carbocycles. The van der Waals surface area contributed by atoms with Gasteiger partial charge in [-0.1, -0.05) is 23.7 Å². The minimum absolute atomic E-state index is 0.173. The number of rotatable bonds is 3. The molecule has 1 aromatic heterocycles. The Morgan fingerprint density at radius 1 is 1.12 bits per heavy atom. The van der Waals surface area contributed by atoms with Crippen LogP contribution < -0.4 is 11.1 Å². The maximum atomic E-state index is 14.4. The number of carbonyl (C=O) groups excluding carboxylic acids is 1. The van der Waals surface area contributed by atoms with Crippen molar-refractivity contribution in [2.24, 2.45) is 0 Å². The normalized spacial score (nSPS) is 10.4. The van der Waals surface area contributed by atoms with Crippen LogP contribution in [-0.4, -0.2) is 10.9 Å². The zero-order valence-electron chi connectivity index (χ0n) is 12.5. The second-order valence-electron chi connectivity index (χ2n) is 5.07. The number of pyridine rings is 1. The largest absolute Gasteiger partial charge is 0.397 e. The van der Waals surface area contributed by atoms with Gasteiger partial charge in [0, 0.05) is 17.3 Å². The Hall–Kier alpha value is -2.92. The van der Waals surface area contributed by atoms with Crippen LogP contribution in [0.2, 0.25) is 5.02 Å². The quantitative estimate of drug-likeness (QED) is 0.695. The molecule has 2 aromatic carbocycles. The lowest BCUT2D eigenvalue weighted by molar-refractivity contribution is 0.102. The van der Waals surface area contributed by atoms with Gasteiger partial charge in [0.2, 0.25) is 0 Å². The van der Waals surface area contributed by atoms with Crippen molar-refractivity contribution in [1.29, 1.82) is 0 Å². The number of anilines is 2. The smallest absolute Gasteiger partial charge is 0.255 e. The highest BCUT2D eigenvalue weighted by Gasteiger charge is 2.14. The first-order valence-corrected chi connectivity index (χ1v) is 7.50. The number of hydrogen-bond donors (Lipinski definition) is 2. The number of nitrogens with zero attached hydrogens (tertiary/aromatic N) is 1. The third-order valence-electron chi connectivity index (χ3n) is 3.45. The van der Waals surface area contributed by atoms with Crippen LogP contribution in [0.5, 0.6) is 0 Å². The van der Waals surface area contributed by atoms with E-state index in [2.05, 4.69) is 10.3 Å². The van der Waals surface area contributed by atoms with E-state index in [1.54, 1.807) is 36.4 Å². The minimum Gasteiger partial charge on any atom is -0.397 e. The molecule has 0 fully saturated rings. The van der Waals surface area contributed by atoms with E-state index in [0.29, 0.717) is 22.1 Å². The van der Waals surface area contributed by atoms with E-state index in [1.807, 2.05) is 0 Å². The molecule has 0 unspecified atom stereocenters. The third kappa shape index (κ3) is 3.21. The molecule has 0 bridgehead atoms. The Balaban J connectivity index is 1.89. The molecule has 4 nitrogen and oxygen atoms in total. The number of nitrogens with two attached hydrogens (primary N) is 1. The van der Waals surface area contributed by atoms with E-state index in [4.69, 9.17) is 17.3 Å². The summed E-state index contributed by atoms with van der Waals surface area (Å²) >= 11 is 6.04. The zero-order valence-corrected chi connectivity index (χ0v) is 13.2. The van der Waals surface area contributed by atoms with Crippen molar-refractivity contribution in [1.82, 2.24) is 4.98 Å². The Kier molecular flexibility index (Phi) is 4.44. The van der Waals surface area contributed by atoms with E-state index in [0.717, 1.165) is 6.07 Å². The number of amides is 1. The first-order chi connectivity index (χ1) is 11.6. The average Bonchev–Trinajstić information content (AvgIpc) is 2.57. The summed E-state index contributed by atoms with van der Waals surface area (Å²) in [6.07, 6.45) is 1.53. The van der Waals surface area contributed by atoms with Crippen LogP contribution in [0.25, 0.3) is 11.3 Å². The molecular weight excluding hydrogens is 329 g/mol. The van der Waals surface area contributed by atoms with Gasteiger partial charge in [-0.2, -0.15) is 0 Å². The summed E-state index contributed by atoms with van der Waals surface area (Å²) in [7, 11) is 0. The van der Waals surface area contributed by atoms with E-state index in [1.165, 1.54) is 18.3 Å². The van der Waals surface area contributed by atoms with Gasteiger partial charge in [-0.3, -0.25) is 9.78 Å². The molecular formula is C18H13ClFN3O. The molecule has 1 heterocycles. The predicted molar refractivity (Wildman–Crippen MR) is 93.4 cm³/mol. The second kappa shape index (κ2) is 6.68. The summed E-state index contributed by atoms with van der Waals surface area (Å²) in [4.78, 5) is 16.3. The molecule has 0 aliphatic rings. The molecule has 24 heavy (non-hydrogen) atoms. The van der Waals surface area contributed by atoms with Crippen molar-refractivity contribution in [3.05, 3.63) is 77.2 Å². The van der Waals surface area contributed by atoms with Crippen molar-refractivity contribution in [3.8, 4) is 11.3 Å². The molecule has 120 valence electrons. The lowest BCUT2D eigenvalue weighted by Gasteiger charge is -2.09. The van der Waals surface area contributed by atoms with Crippen LogP contribution in [0.15, 0.2) is 60.8 Å². The van der Waals surface area contributed by atoms with Crippen molar-refractivity contribution >= 4 is 28.9 Å². The SMILES string of the molecule is Nc1ccccc1NC(=O)c1ccc(-c2ncccc2Cl)c(F)c1. The number of nitrogens with one attached hydrogen (secondary N) is 1. The highest BCUT2D eigenvalue weighted by molar-refractivity contribution is 6.33. The lowest BCUT2D eigenvalue weighted by Crippen LogP contribution is -2.13. The Labute approximate surface area is 143 Å². The fourth-order valence-corrected chi connectivity index (χ4v) is 2.46. The van der Waals surface area contributed by atoms with Crippen LogP contribution in [0.3, 0.4) is 0 Å². The number of hydrogen-bond acceptors (Lipinski definition) is 3. The molecule has 3 rings (SSSR count). The van der Waals surface area contributed by atoms with Gasteiger partial charge in [-0.25, -0.2) is 4.39 Å². The molecule has 0 saturated heterocycles. The number of aromatic nitrogens is 1. The zero-order chi connectivity index (χ0) is 17.1. The number of benzene rings is 2. The average molecular weight is 342 g/mol. The predicted octanol–water partition coefficient (Wildman–Crippen LogP) is 4.38. The summed E-state index contributed by atoms with van der Waals surface area (Å²) in [6, 6.07) is 14.3. The topological polar surface area (TPSA) is 68.0 Å². The maximum absolute atomic E-state index is 14.4. The summed E-state index contributed by atoms with van der Waals surface area (Å²) in [5.41, 5.74) is 7.42. The number of carbonyl (C=O) groups is 1. The van der Waals surface area contributed by atoms with Gasteiger partial charge in [-0.15, -0.1) is 0 Å². The van der Waals surface area contributed by atoms with Gasteiger partial charge in [-0.05, 0) is 42.5 Å². The molecule has 6 heteroatoms. The number of para-hydroxylation sites is 2. The summed E-state index contributed by atoms with van der Waals surface area (Å²) in [6.45, 7) is 0. The molecule has 0 atom stereocenters. The van der Waals surface area contributed by atoms with E-state index < -0.39 is 11.7 Å². The summed E-state index contributed by atoms with van der Waals surface area (Å²) in [5, 5.41) is 2.99. The Morgan fingerprint density at radius 3 is 2.62 bits per heavy atom. The fourth-order valence-electron chi connectivity index (χ4n) is 2.24. The molecule has 3 aromatic rings. The summed E-state index contributed by atoms with van der Waals surface area (Å²) < 4.78 is 14.4. The van der Waals surface area contributed by atoms with E-state index >= 15 is 0 Å². The van der Waals surface area contributed by atoms with Crippen LogP contribution in [-0.2, 0) is 0 Å².